The molecule has 0 aliphatic rings. The Balaban J connectivity index is 2.25. The summed E-state index contributed by atoms with van der Waals surface area (Å²) in [6, 6.07) is 7.92. The van der Waals surface area contributed by atoms with E-state index < -0.39 is 0 Å². The van der Waals surface area contributed by atoms with Crippen LogP contribution in [0.1, 0.15) is 22.2 Å². The molecule has 0 fully saturated rings. The molecule has 0 unspecified atom stereocenters. The van der Waals surface area contributed by atoms with Crippen LogP contribution in [0.4, 0.5) is 16.6 Å². The minimum Gasteiger partial charge on any atom is -0.382 e. The Labute approximate surface area is 103 Å². The van der Waals surface area contributed by atoms with Crippen molar-refractivity contribution in [3.63, 3.8) is 0 Å². The summed E-state index contributed by atoms with van der Waals surface area (Å²) < 4.78 is 0. The molecule has 2 rings (SSSR count). The van der Waals surface area contributed by atoms with Crippen molar-refractivity contribution in [1.29, 1.82) is 0 Å². The van der Waals surface area contributed by atoms with Gasteiger partial charge in [0.05, 0.1) is 0 Å². The summed E-state index contributed by atoms with van der Waals surface area (Å²) in [6.45, 7) is 3.50. The number of carbonyl (C=O) groups excluding carboxylic acids is 1. The van der Waals surface area contributed by atoms with Crippen LogP contribution in [0.15, 0.2) is 24.3 Å². The smallest absolute Gasteiger partial charge is 0.189 e. The van der Waals surface area contributed by atoms with Crippen LogP contribution in [0.2, 0.25) is 0 Å². The summed E-state index contributed by atoms with van der Waals surface area (Å²) in [6.07, 6.45) is 0. The second-order valence-corrected chi connectivity index (χ2v) is 4.78. The maximum atomic E-state index is 11.2. The molecule has 17 heavy (non-hydrogen) atoms. The normalized spacial score (nSPS) is 10.2. The Bertz CT molecular complexity index is 563. The molecule has 88 valence electrons. The highest BCUT2D eigenvalue weighted by atomic mass is 32.1. The van der Waals surface area contributed by atoms with Crippen molar-refractivity contribution in [2.45, 2.75) is 13.8 Å². The van der Waals surface area contributed by atoms with E-state index in [0.717, 1.165) is 11.3 Å². The van der Waals surface area contributed by atoms with Crippen molar-refractivity contribution in [2.75, 3.05) is 11.1 Å². The standard InChI is InChI=1S/C12H13N3OS/c1-7-4-3-5-9(6-7)14-12-15-11(13)10(17-12)8(2)16/h3-6H,13H2,1-2H3,(H,14,15). The topological polar surface area (TPSA) is 68.0 Å². The number of aryl methyl sites for hydroxylation is 1. The van der Waals surface area contributed by atoms with Gasteiger partial charge in [-0.05, 0) is 24.6 Å². The van der Waals surface area contributed by atoms with Crippen LogP contribution < -0.4 is 11.1 Å². The van der Waals surface area contributed by atoms with Crippen LogP contribution in [-0.4, -0.2) is 10.8 Å². The van der Waals surface area contributed by atoms with E-state index in [9.17, 15) is 4.79 Å². The van der Waals surface area contributed by atoms with Gasteiger partial charge in [0.2, 0.25) is 0 Å². The number of hydrogen-bond donors (Lipinski definition) is 2. The maximum absolute atomic E-state index is 11.2. The van der Waals surface area contributed by atoms with Gasteiger partial charge >= 0.3 is 0 Å². The lowest BCUT2D eigenvalue weighted by Gasteiger charge is -2.02. The molecule has 2 aromatic rings. The first-order valence-electron chi connectivity index (χ1n) is 5.17. The third-order valence-corrected chi connectivity index (χ3v) is 3.33. The second-order valence-electron chi connectivity index (χ2n) is 3.78. The molecule has 3 N–H and O–H groups in total. The molecule has 1 aromatic carbocycles. The lowest BCUT2D eigenvalue weighted by Crippen LogP contribution is -1.95. The number of benzene rings is 1. The number of thiazole rings is 1. The van der Waals surface area contributed by atoms with Crippen LogP contribution in [0, 0.1) is 6.92 Å². The SMILES string of the molecule is CC(=O)c1sc(Nc2cccc(C)c2)nc1N. The summed E-state index contributed by atoms with van der Waals surface area (Å²) in [5.74, 6) is 0.231. The van der Waals surface area contributed by atoms with E-state index in [4.69, 9.17) is 5.73 Å². The number of anilines is 3. The zero-order valence-electron chi connectivity index (χ0n) is 9.65. The van der Waals surface area contributed by atoms with Crippen molar-refractivity contribution in [3.05, 3.63) is 34.7 Å². The molecule has 0 aliphatic carbocycles. The molecule has 0 saturated heterocycles. The van der Waals surface area contributed by atoms with Crippen molar-refractivity contribution in [2.24, 2.45) is 0 Å². The fourth-order valence-corrected chi connectivity index (χ4v) is 2.28. The van der Waals surface area contributed by atoms with Gasteiger partial charge in [-0.15, -0.1) is 0 Å². The molecule has 4 nitrogen and oxygen atoms in total. The largest absolute Gasteiger partial charge is 0.382 e. The summed E-state index contributed by atoms with van der Waals surface area (Å²) >= 11 is 1.27. The third-order valence-electron chi connectivity index (χ3n) is 2.24. The lowest BCUT2D eigenvalue weighted by atomic mass is 10.2. The van der Waals surface area contributed by atoms with Crippen LogP contribution in [0.5, 0.6) is 0 Å². The predicted octanol–water partition coefficient (Wildman–Crippen LogP) is 2.98. The fraction of sp³-hybridized carbons (Fsp3) is 0.167. The van der Waals surface area contributed by atoms with E-state index in [1.165, 1.54) is 18.3 Å². The summed E-state index contributed by atoms with van der Waals surface area (Å²) in [4.78, 5) is 15.9. The first-order valence-corrected chi connectivity index (χ1v) is 5.99. The summed E-state index contributed by atoms with van der Waals surface area (Å²) in [5.41, 5.74) is 7.76. The Morgan fingerprint density at radius 2 is 2.24 bits per heavy atom. The van der Waals surface area contributed by atoms with Crippen LogP contribution >= 0.6 is 11.3 Å². The highest BCUT2D eigenvalue weighted by Crippen LogP contribution is 2.28. The van der Waals surface area contributed by atoms with Crippen LogP contribution in [0.3, 0.4) is 0 Å². The van der Waals surface area contributed by atoms with E-state index in [0.29, 0.717) is 10.0 Å². The fourth-order valence-electron chi connectivity index (χ4n) is 1.48. The molecule has 0 bridgehead atoms. The van der Waals surface area contributed by atoms with Crippen molar-refractivity contribution < 1.29 is 4.79 Å². The third kappa shape index (κ3) is 2.62. The van der Waals surface area contributed by atoms with E-state index in [2.05, 4.69) is 10.3 Å². The zero-order valence-corrected chi connectivity index (χ0v) is 10.5. The van der Waals surface area contributed by atoms with Crippen molar-refractivity contribution >= 4 is 33.8 Å². The van der Waals surface area contributed by atoms with Crippen molar-refractivity contribution in [3.8, 4) is 0 Å². The number of aromatic nitrogens is 1. The minimum absolute atomic E-state index is 0.0581. The monoisotopic (exact) mass is 247 g/mol. The summed E-state index contributed by atoms with van der Waals surface area (Å²) in [5, 5.41) is 3.77. The summed E-state index contributed by atoms with van der Waals surface area (Å²) in [7, 11) is 0. The van der Waals surface area contributed by atoms with Gasteiger partial charge in [-0.1, -0.05) is 23.5 Å². The Kier molecular flexibility index (Phi) is 3.10. The minimum atomic E-state index is -0.0581. The van der Waals surface area contributed by atoms with Gasteiger partial charge in [-0.2, -0.15) is 0 Å². The highest BCUT2D eigenvalue weighted by Gasteiger charge is 2.12. The second kappa shape index (κ2) is 4.55. The van der Waals surface area contributed by atoms with Gasteiger partial charge in [-0.25, -0.2) is 4.98 Å². The van der Waals surface area contributed by atoms with Gasteiger partial charge in [0.1, 0.15) is 10.7 Å². The van der Waals surface area contributed by atoms with Gasteiger partial charge in [0, 0.05) is 12.6 Å². The average Bonchev–Trinajstić information content (AvgIpc) is 2.59. The molecular formula is C12H13N3OS. The van der Waals surface area contributed by atoms with E-state index in [1.54, 1.807) is 0 Å². The number of Topliss-reactive ketones (excluding diaryl/α,β-unsaturated/α-hetero) is 1. The number of rotatable bonds is 3. The van der Waals surface area contributed by atoms with Gasteiger partial charge in [0.25, 0.3) is 0 Å². The van der Waals surface area contributed by atoms with E-state index >= 15 is 0 Å². The Morgan fingerprint density at radius 3 is 2.82 bits per heavy atom. The lowest BCUT2D eigenvalue weighted by molar-refractivity contribution is 0.102. The van der Waals surface area contributed by atoms with E-state index in [1.807, 2.05) is 31.2 Å². The Hall–Kier alpha value is -1.88. The molecule has 0 atom stereocenters. The molecular weight excluding hydrogens is 234 g/mol. The molecule has 1 aromatic heterocycles. The number of nitrogen functional groups attached to an aromatic ring is 1. The molecule has 0 amide bonds. The van der Waals surface area contributed by atoms with Gasteiger partial charge < -0.3 is 11.1 Å². The first kappa shape index (κ1) is 11.6. The highest BCUT2D eigenvalue weighted by molar-refractivity contribution is 7.18. The zero-order chi connectivity index (χ0) is 12.4. The molecule has 0 saturated carbocycles. The van der Waals surface area contributed by atoms with Gasteiger partial charge in [-0.3, -0.25) is 4.79 Å². The maximum Gasteiger partial charge on any atom is 0.189 e. The first-order chi connectivity index (χ1) is 8.06. The Morgan fingerprint density at radius 1 is 1.47 bits per heavy atom. The number of nitrogens with zero attached hydrogens (tertiary/aromatic N) is 1. The quantitative estimate of drug-likeness (QED) is 0.818. The number of nitrogens with one attached hydrogen (secondary N) is 1. The number of carbonyl (C=O) groups is 1. The predicted molar refractivity (Wildman–Crippen MR) is 71.0 cm³/mol. The molecule has 1 heterocycles. The van der Waals surface area contributed by atoms with Crippen LogP contribution in [-0.2, 0) is 0 Å². The average molecular weight is 247 g/mol. The molecule has 0 spiro atoms. The molecule has 5 heteroatoms. The van der Waals surface area contributed by atoms with Gasteiger partial charge in [0.15, 0.2) is 10.9 Å². The number of ketones is 1. The van der Waals surface area contributed by atoms with E-state index in [-0.39, 0.29) is 11.6 Å². The van der Waals surface area contributed by atoms with Crippen LogP contribution in [0.25, 0.3) is 0 Å². The molecule has 0 aliphatic heterocycles. The molecule has 0 radical (unpaired) electrons. The number of nitrogens with two attached hydrogens (primary N) is 1. The number of hydrogen-bond acceptors (Lipinski definition) is 5. The van der Waals surface area contributed by atoms with Crippen molar-refractivity contribution in [1.82, 2.24) is 4.98 Å².